The Morgan fingerprint density at radius 3 is 2.32 bits per heavy atom. The Hall–Kier alpha value is -2.38. The Morgan fingerprint density at radius 2 is 1.73 bits per heavy atom. The second-order valence-electron chi connectivity index (χ2n) is 9.82. The van der Waals surface area contributed by atoms with E-state index in [4.69, 9.17) is 34.8 Å². The van der Waals surface area contributed by atoms with Crippen LogP contribution in [0.15, 0.2) is 41.3 Å². The van der Waals surface area contributed by atoms with Gasteiger partial charge in [0, 0.05) is 11.6 Å². The third-order valence-corrected chi connectivity index (χ3v) is 10.7. The van der Waals surface area contributed by atoms with Gasteiger partial charge in [-0.05, 0) is 61.9 Å². The number of amides is 2. The lowest BCUT2D eigenvalue weighted by atomic mass is 9.93. The minimum atomic E-state index is -4.02. The van der Waals surface area contributed by atoms with Crippen molar-refractivity contribution < 1.29 is 22.4 Å². The van der Waals surface area contributed by atoms with Crippen molar-refractivity contribution in [3.8, 4) is 6.07 Å². The lowest BCUT2D eigenvalue weighted by Gasteiger charge is -2.29. The van der Waals surface area contributed by atoms with Crippen LogP contribution in [0.25, 0.3) is 0 Å². The van der Waals surface area contributed by atoms with Crippen LogP contribution in [0.3, 0.4) is 0 Å². The highest BCUT2D eigenvalue weighted by atomic mass is 35.5. The van der Waals surface area contributed by atoms with Gasteiger partial charge in [0.25, 0.3) is 0 Å². The fraction of sp³-hybridized carbons (Fsp3) is 0.400. The molecule has 1 N–H and O–H groups in total. The van der Waals surface area contributed by atoms with Gasteiger partial charge in [0.05, 0.1) is 31.7 Å². The molecule has 1 heterocycles. The molecule has 194 valence electrons. The number of nitriles is 1. The van der Waals surface area contributed by atoms with Crippen LogP contribution in [0.1, 0.15) is 37.7 Å². The highest BCUT2D eigenvalue weighted by Crippen LogP contribution is 2.53. The average Bonchev–Trinajstić information content (AvgIpc) is 3.78. The maximum atomic E-state index is 14.3. The molecule has 5 rings (SSSR count). The van der Waals surface area contributed by atoms with Gasteiger partial charge in [0.15, 0.2) is 9.84 Å². The maximum Gasteiger partial charge on any atom is 0.244 e. The first-order valence-corrected chi connectivity index (χ1v) is 14.3. The van der Waals surface area contributed by atoms with Crippen molar-refractivity contribution in [1.29, 1.82) is 5.26 Å². The summed E-state index contributed by atoms with van der Waals surface area (Å²) >= 11 is 18.3. The van der Waals surface area contributed by atoms with E-state index in [0.29, 0.717) is 25.7 Å². The molecule has 2 unspecified atom stereocenters. The highest BCUT2D eigenvalue weighted by Gasteiger charge is 2.59. The van der Waals surface area contributed by atoms with Gasteiger partial charge >= 0.3 is 0 Å². The quantitative estimate of drug-likeness (QED) is 0.506. The number of hydrogen-bond acceptors (Lipinski definition) is 5. The zero-order valence-electron chi connectivity index (χ0n) is 19.3. The third-order valence-electron chi connectivity index (χ3n) is 7.42. The predicted octanol–water partition coefficient (Wildman–Crippen LogP) is 4.43. The molecule has 2 saturated carbocycles. The van der Waals surface area contributed by atoms with Gasteiger partial charge in [-0.25, -0.2) is 12.8 Å². The summed E-state index contributed by atoms with van der Waals surface area (Å²) in [7, 11) is -4.02. The van der Waals surface area contributed by atoms with E-state index in [-0.39, 0.29) is 38.5 Å². The minimum absolute atomic E-state index is 0.0387. The monoisotopic (exact) mass is 583 g/mol. The van der Waals surface area contributed by atoms with Crippen molar-refractivity contribution in [3.63, 3.8) is 0 Å². The molecule has 3 fully saturated rings. The summed E-state index contributed by atoms with van der Waals surface area (Å²) in [6, 6.07) is 9.25. The molecule has 2 aliphatic carbocycles. The summed E-state index contributed by atoms with van der Waals surface area (Å²) in [5, 5.41) is 11.0. The molecule has 12 heteroatoms. The number of carbonyl (C=O) groups excluding carboxylic acids is 2. The second-order valence-corrected chi connectivity index (χ2v) is 13.2. The summed E-state index contributed by atoms with van der Waals surface area (Å²) < 4.78 is 41.4. The summed E-state index contributed by atoms with van der Waals surface area (Å²) in [6.45, 7) is -0.264. The number of nitrogens with zero attached hydrogens (tertiary/aromatic N) is 2. The Bertz CT molecular complexity index is 1470. The van der Waals surface area contributed by atoms with E-state index in [1.165, 1.54) is 23.1 Å². The average molecular weight is 585 g/mol. The molecule has 1 saturated heterocycles. The van der Waals surface area contributed by atoms with Gasteiger partial charge in [-0.1, -0.05) is 46.9 Å². The molecule has 2 aromatic rings. The molecule has 2 aromatic carbocycles. The van der Waals surface area contributed by atoms with Crippen molar-refractivity contribution in [2.75, 3.05) is 6.54 Å². The number of hydrogen-bond donors (Lipinski definition) is 1. The van der Waals surface area contributed by atoms with Crippen molar-refractivity contribution in [2.24, 2.45) is 0 Å². The minimum Gasteiger partial charge on any atom is -0.336 e. The summed E-state index contributed by atoms with van der Waals surface area (Å²) in [6.07, 6.45) is 1.47. The van der Waals surface area contributed by atoms with E-state index in [0.717, 1.165) is 6.07 Å². The van der Waals surface area contributed by atoms with Crippen LogP contribution < -0.4 is 5.32 Å². The van der Waals surface area contributed by atoms with E-state index in [1.54, 1.807) is 12.1 Å². The van der Waals surface area contributed by atoms with Crippen LogP contribution >= 0.6 is 34.8 Å². The van der Waals surface area contributed by atoms with Gasteiger partial charge in [-0.2, -0.15) is 5.26 Å². The van der Waals surface area contributed by atoms with E-state index < -0.39 is 49.7 Å². The molecule has 37 heavy (non-hydrogen) atoms. The number of nitrogens with one attached hydrogen (secondary N) is 1. The van der Waals surface area contributed by atoms with Crippen molar-refractivity contribution >= 4 is 56.5 Å². The first-order valence-electron chi connectivity index (χ1n) is 11.6. The van der Waals surface area contributed by atoms with Gasteiger partial charge in [0.2, 0.25) is 11.8 Å². The standard InChI is InChI=1S/C25H21Cl3FN3O4S/c26-16-3-1-2-4-21(16)37(35,36)14-9-20(22(33)31-24(13-30)5-6-24)32(12-14)23(34)25(7-8-25)15-10-19(29)18(28)11-17(15)27/h1-4,10-11,14,20H,5-9,12H2,(H,31,33). The SMILES string of the molecule is N#CC1(NC(=O)C2CC(S(=O)(=O)c3ccccc3Cl)CN2C(=O)C2(c3cc(F)c(Cl)cc3Cl)CC2)CC1. The van der Waals surface area contributed by atoms with E-state index in [2.05, 4.69) is 11.4 Å². The number of sulfone groups is 1. The summed E-state index contributed by atoms with van der Waals surface area (Å²) in [4.78, 5) is 28.4. The normalized spacial score (nSPS) is 23.3. The molecule has 0 radical (unpaired) electrons. The van der Waals surface area contributed by atoms with Crippen molar-refractivity contribution in [1.82, 2.24) is 10.2 Å². The third kappa shape index (κ3) is 4.48. The van der Waals surface area contributed by atoms with Crippen molar-refractivity contribution in [2.45, 2.75) is 59.2 Å². The molecule has 2 amide bonds. The zero-order chi connectivity index (χ0) is 26.8. The van der Waals surface area contributed by atoms with Gasteiger partial charge in [0.1, 0.15) is 17.4 Å². The Kier molecular flexibility index (Phi) is 6.47. The largest absolute Gasteiger partial charge is 0.336 e. The van der Waals surface area contributed by atoms with Crippen LogP contribution in [-0.4, -0.2) is 48.5 Å². The van der Waals surface area contributed by atoms with Gasteiger partial charge in [-0.3, -0.25) is 9.59 Å². The molecule has 1 aliphatic heterocycles. The number of halogens is 4. The molecule has 7 nitrogen and oxygen atoms in total. The van der Waals surface area contributed by atoms with Crippen LogP contribution in [0, 0.1) is 17.1 Å². The first-order chi connectivity index (χ1) is 17.4. The lowest BCUT2D eigenvalue weighted by Crippen LogP contribution is -2.51. The number of likely N-dealkylation sites (tertiary alicyclic amines) is 1. The molecule has 0 bridgehead atoms. The van der Waals surface area contributed by atoms with E-state index >= 15 is 0 Å². The maximum absolute atomic E-state index is 14.3. The molecule has 3 aliphatic rings. The molecular weight excluding hydrogens is 564 g/mol. The first kappa shape index (κ1) is 26.2. The molecule has 0 spiro atoms. The molecular formula is C25H21Cl3FN3O4S. The lowest BCUT2D eigenvalue weighted by molar-refractivity contribution is -0.140. The van der Waals surface area contributed by atoms with Crippen LogP contribution in [0.5, 0.6) is 0 Å². The Balaban J connectivity index is 1.51. The number of carbonyl (C=O) groups is 2. The second kappa shape index (κ2) is 9.12. The smallest absolute Gasteiger partial charge is 0.244 e. The number of rotatable bonds is 6. The van der Waals surface area contributed by atoms with E-state index in [1.807, 2.05) is 0 Å². The van der Waals surface area contributed by atoms with Gasteiger partial charge in [-0.15, -0.1) is 0 Å². The van der Waals surface area contributed by atoms with E-state index in [9.17, 15) is 27.7 Å². The number of benzene rings is 2. The fourth-order valence-electron chi connectivity index (χ4n) is 4.95. The summed E-state index contributed by atoms with van der Waals surface area (Å²) in [5.74, 6) is -1.86. The van der Waals surface area contributed by atoms with Gasteiger partial charge < -0.3 is 10.2 Å². The summed E-state index contributed by atoms with van der Waals surface area (Å²) in [5.41, 5.74) is -1.96. The molecule has 0 aromatic heterocycles. The van der Waals surface area contributed by atoms with Crippen LogP contribution in [0.2, 0.25) is 15.1 Å². The Morgan fingerprint density at radius 1 is 1.05 bits per heavy atom. The highest BCUT2D eigenvalue weighted by molar-refractivity contribution is 7.92. The molecule has 2 atom stereocenters. The topological polar surface area (TPSA) is 107 Å². The zero-order valence-corrected chi connectivity index (χ0v) is 22.4. The predicted molar refractivity (Wildman–Crippen MR) is 136 cm³/mol. The van der Waals surface area contributed by atoms with Crippen LogP contribution in [-0.2, 0) is 24.8 Å². The Labute approximate surface area is 228 Å². The fourth-order valence-corrected chi connectivity index (χ4v) is 7.73. The van der Waals surface area contributed by atoms with Crippen LogP contribution in [0.4, 0.5) is 4.39 Å². The van der Waals surface area contributed by atoms with Crippen molar-refractivity contribution in [3.05, 3.63) is 62.8 Å².